The van der Waals surface area contributed by atoms with Crippen LogP contribution in [0.2, 0.25) is 5.02 Å². The van der Waals surface area contributed by atoms with Gasteiger partial charge in [0.25, 0.3) is 0 Å². The lowest BCUT2D eigenvalue weighted by molar-refractivity contribution is 0.572. The van der Waals surface area contributed by atoms with Gasteiger partial charge in [0.1, 0.15) is 5.82 Å². The van der Waals surface area contributed by atoms with Crippen LogP contribution in [-0.4, -0.2) is 8.42 Å². The lowest BCUT2D eigenvalue weighted by Crippen LogP contribution is -2.28. The average molecular weight is 388 g/mol. The summed E-state index contributed by atoms with van der Waals surface area (Å²) in [6.45, 7) is 0. The Balaban J connectivity index is 1.97. The van der Waals surface area contributed by atoms with Crippen LogP contribution in [0.5, 0.6) is 0 Å². The fourth-order valence-electron chi connectivity index (χ4n) is 2.05. The molecule has 0 saturated carbocycles. The fraction of sp³-hybridized carbons (Fsp3) is 0.0667. The third-order valence-corrected chi connectivity index (χ3v) is 6.53. The van der Waals surface area contributed by atoms with Gasteiger partial charge in [-0.05, 0) is 52.0 Å². The molecule has 3 nitrogen and oxygen atoms in total. The molecule has 0 aliphatic carbocycles. The van der Waals surface area contributed by atoms with Crippen LogP contribution in [0, 0.1) is 5.82 Å². The highest BCUT2D eigenvalue weighted by Crippen LogP contribution is 2.30. The van der Waals surface area contributed by atoms with Crippen molar-refractivity contribution in [1.82, 2.24) is 4.72 Å². The van der Waals surface area contributed by atoms with Gasteiger partial charge in [-0.3, -0.25) is 0 Å². The zero-order chi connectivity index (χ0) is 16.4. The van der Waals surface area contributed by atoms with E-state index in [0.29, 0.717) is 0 Å². The summed E-state index contributed by atoms with van der Waals surface area (Å²) in [6.07, 6.45) is 0. The van der Waals surface area contributed by atoms with E-state index in [1.54, 1.807) is 0 Å². The number of rotatable bonds is 5. The summed E-state index contributed by atoms with van der Waals surface area (Å²) < 4.78 is 41.1. The van der Waals surface area contributed by atoms with Crippen molar-refractivity contribution in [2.45, 2.75) is 10.9 Å². The molecule has 0 spiro atoms. The van der Waals surface area contributed by atoms with Crippen molar-refractivity contribution in [3.05, 3.63) is 73.8 Å². The Morgan fingerprint density at radius 2 is 2.00 bits per heavy atom. The van der Waals surface area contributed by atoms with Gasteiger partial charge in [0.05, 0.1) is 16.0 Å². The highest BCUT2D eigenvalue weighted by atomic mass is 35.5. The molecule has 0 aliphatic rings. The van der Waals surface area contributed by atoms with Crippen molar-refractivity contribution >= 4 is 44.3 Å². The molecule has 0 bridgehead atoms. The van der Waals surface area contributed by atoms with E-state index >= 15 is 0 Å². The van der Waals surface area contributed by atoms with E-state index in [-0.39, 0.29) is 9.92 Å². The van der Waals surface area contributed by atoms with E-state index in [1.807, 2.05) is 34.3 Å². The van der Waals surface area contributed by atoms with Crippen molar-refractivity contribution in [3.63, 3.8) is 0 Å². The molecule has 0 fully saturated rings. The van der Waals surface area contributed by atoms with Gasteiger partial charge in [-0.2, -0.15) is 16.1 Å². The molecule has 0 saturated heterocycles. The van der Waals surface area contributed by atoms with Crippen LogP contribution in [0.4, 0.5) is 4.39 Å². The summed E-state index contributed by atoms with van der Waals surface area (Å²) in [4.78, 5) is 0.806. The number of thiophene rings is 2. The van der Waals surface area contributed by atoms with E-state index in [4.69, 9.17) is 11.6 Å². The molecule has 0 aliphatic heterocycles. The molecular weight excluding hydrogens is 377 g/mol. The van der Waals surface area contributed by atoms with Crippen LogP contribution in [0.15, 0.2) is 57.4 Å². The van der Waals surface area contributed by atoms with Crippen molar-refractivity contribution in [2.24, 2.45) is 0 Å². The van der Waals surface area contributed by atoms with Gasteiger partial charge < -0.3 is 0 Å². The van der Waals surface area contributed by atoms with E-state index in [0.717, 1.165) is 22.6 Å². The van der Waals surface area contributed by atoms with E-state index < -0.39 is 21.9 Å². The van der Waals surface area contributed by atoms with Crippen molar-refractivity contribution < 1.29 is 12.8 Å². The molecule has 3 aromatic rings. The smallest absolute Gasteiger partial charge is 0.207 e. The first-order valence-electron chi connectivity index (χ1n) is 6.50. The molecule has 1 N–H and O–H groups in total. The molecule has 1 aromatic carbocycles. The van der Waals surface area contributed by atoms with E-state index in [9.17, 15) is 12.8 Å². The Hall–Kier alpha value is -1.25. The Labute approximate surface area is 146 Å². The SMILES string of the molecule is O=S(=O)(N[C@H](c1ccsc1)c1cccs1)c1ccc(F)c(Cl)c1. The summed E-state index contributed by atoms with van der Waals surface area (Å²) in [5, 5.41) is 5.44. The van der Waals surface area contributed by atoms with Gasteiger partial charge in [-0.15, -0.1) is 11.3 Å². The second-order valence-corrected chi connectivity index (χ2v) is 8.58. The van der Waals surface area contributed by atoms with Crippen molar-refractivity contribution in [3.8, 4) is 0 Å². The maximum absolute atomic E-state index is 13.3. The molecule has 3 rings (SSSR count). The van der Waals surface area contributed by atoms with E-state index in [2.05, 4.69) is 4.72 Å². The molecule has 23 heavy (non-hydrogen) atoms. The van der Waals surface area contributed by atoms with Gasteiger partial charge in [-0.25, -0.2) is 12.8 Å². The fourth-order valence-corrected chi connectivity index (χ4v) is 5.09. The number of nitrogens with one attached hydrogen (secondary N) is 1. The molecule has 0 unspecified atom stereocenters. The third-order valence-electron chi connectivity index (χ3n) is 3.18. The predicted molar refractivity (Wildman–Crippen MR) is 92.2 cm³/mol. The third kappa shape index (κ3) is 3.64. The minimum absolute atomic E-state index is 0.0688. The number of benzene rings is 1. The molecule has 2 aromatic heterocycles. The summed E-state index contributed by atoms with van der Waals surface area (Å²) in [5.41, 5.74) is 0.856. The topological polar surface area (TPSA) is 46.2 Å². The van der Waals surface area contributed by atoms with E-state index in [1.165, 1.54) is 28.7 Å². The summed E-state index contributed by atoms with van der Waals surface area (Å²) in [7, 11) is -3.84. The molecule has 0 amide bonds. The molecule has 120 valence electrons. The van der Waals surface area contributed by atoms with Crippen LogP contribution in [-0.2, 0) is 10.0 Å². The Kier molecular flexibility index (Phi) is 4.84. The van der Waals surface area contributed by atoms with Gasteiger partial charge in [0.15, 0.2) is 0 Å². The van der Waals surface area contributed by atoms with Crippen molar-refractivity contribution in [2.75, 3.05) is 0 Å². The zero-order valence-corrected chi connectivity index (χ0v) is 14.8. The Bertz CT molecular complexity index is 859. The summed E-state index contributed by atoms with van der Waals surface area (Å²) in [6, 6.07) is 8.46. The minimum atomic E-state index is -3.84. The second-order valence-electron chi connectivity index (χ2n) is 4.70. The number of hydrogen-bond donors (Lipinski definition) is 1. The van der Waals surface area contributed by atoms with Crippen LogP contribution in [0.1, 0.15) is 16.5 Å². The maximum atomic E-state index is 13.3. The maximum Gasteiger partial charge on any atom is 0.241 e. The van der Waals surface area contributed by atoms with Crippen LogP contribution in [0.25, 0.3) is 0 Å². The monoisotopic (exact) mass is 387 g/mol. The summed E-state index contributed by atoms with van der Waals surface area (Å²) in [5.74, 6) is -0.654. The number of sulfonamides is 1. The van der Waals surface area contributed by atoms with Crippen LogP contribution in [0.3, 0.4) is 0 Å². The minimum Gasteiger partial charge on any atom is -0.207 e. The van der Waals surface area contributed by atoms with Crippen LogP contribution >= 0.6 is 34.3 Å². The molecule has 0 radical (unpaired) electrons. The predicted octanol–water partition coefficient (Wildman–Crippen LogP) is 4.67. The Morgan fingerprint density at radius 3 is 2.61 bits per heavy atom. The second kappa shape index (κ2) is 6.70. The first kappa shape index (κ1) is 16.6. The van der Waals surface area contributed by atoms with Crippen LogP contribution < -0.4 is 4.72 Å². The molecule has 8 heteroatoms. The molecule has 1 atom stereocenters. The Morgan fingerprint density at radius 1 is 1.17 bits per heavy atom. The highest BCUT2D eigenvalue weighted by molar-refractivity contribution is 7.89. The van der Waals surface area contributed by atoms with Gasteiger partial charge in [0.2, 0.25) is 10.0 Å². The zero-order valence-electron chi connectivity index (χ0n) is 11.6. The number of halogens is 2. The molecular formula is C15H11ClFNO2S3. The first-order valence-corrected chi connectivity index (χ1v) is 10.2. The average Bonchev–Trinajstić information content (AvgIpc) is 3.21. The summed E-state index contributed by atoms with van der Waals surface area (Å²) >= 11 is 8.64. The van der Waals surface area contributed by atoms with Gasteiger partial charge in [0, 0.05) is 4.88 Å². The van der Waals surface area contributed by atoms with Gasteiger partial charge >= 0.3 is 0 Å². The molecule has 2 heterocycles. The normalized spacial score (nSPS) is 13.1. The number of hydrogen-bond acceptors (Lipinski definition) is 4. The highest BCUT2D eigenvalue weighted by Gasteiger charge is 2.24. The lowest BCUT2D eigenvalue weighted by atomic mass is 10.1. The standard InChI is InChI=1S/C15H11ClFNO2S3/c16-12-8-11(3-4-13(12)17)23(19,20)18-15(10-5-7-21-9-10)14-2-1-6-22-14/h1-9,15,18H/t15-/m1/s1. The van der Waals surface area contributed by atoms with Crippen molar-refractivity contribution in [1.29, 1.82) is 0 Å². The quantitative estimate of drug-likeness (QED) is 0.691. The lowest BCUT2D eigenvalue weighted by Gasteiger charge is -2.17. The van der Waals surface area contributed by atoms with Gasteiger partial charge in [-0.1, -0.05) is 17.7 Å². The largest absolute Gasteiger partial charge is 0.241 e. The first-order chi connectivity index (χ1) is 11.0.